The quantitative estimate of drug-likeness (QED) is 0.168. The van der Waals surface area contributed by atoms with E-state index in [0.29, 0.717) is 0 Å². The van der Waals surface area contributed by atoms with Gasteiger partial charge in [-0.05, 0) is 31.5 Å². The zero-order chi connectivity index (χ0) is 26.5. The molecule has 0 saturated carbocycles. The second-order valence-electron chi connectivity index (χ2n) is 9.39. The van der Waals surface area contributed by atoms with Gasteiger partial charge in [0.25, 0.3) is 0 Å². The Kier molecular flexibility index (Phi) is 19.0. The number of fused-ring (bicyclic) bond motifs is 1. The Labute approximate surface area is 224 Å². The molecule has 8 heteroatoms. The second-order valence-corrected chi connectivity index (χ2v) is 12.1. The van der Waals surface area contributed by atoms with E-state index in [9.17, 15) is 8.42 Å². The van der Waals surface area contributed by atoms with Crippen LogP contribution in [0.3, 0.4) is 0 Å². The largest absolute Gasteiger partial charge is 0.399 e. The Hall–Kier alpha value is -1.22. The number of benzene rings is 1. The molecule has 0 radical (unpaired) electrons. The van der Waals surface area contributed by atoms with E-state index in [1.165, 1.54) is 113 Å². The summed E-state index contributed by atoms with van der Waals surface area (Å²) in [7, 11) is -1.60. The van der Waals surface area contributed by atoms with Crippen molar-refractivity contribution in [3.8, 4) is 0 Å². The molecule has 0 spiro atoms. The van der Waals surface area contributed by atoms with Gasteiger partial charge >= 0.3 is 10.4 Å². The highest BCUT2D eigenvalue weighted by Crippen LogP contribution is 2.24. The normalized spacial score (nSPS) is 11.4. The average Bonchev–Trinajstić information content (AvgIpc) is 3.25. The molecule has 1 aromatic heterocycles. The molecule has 1 aromatic carbocycles. The zero-order valence-electron chi connectivity index (χ0n) is 23.1. The molecule has 0 fully saturated rings. The van der Waals surface area contributed by atoms with Crippen LogP contribution < -0.4 is 5.32 Å². The molecule has 0 unspecified atom stereocenters. The van der Waals surface area contributed by atoms with Gasteiger partial charge in [-0.2, -0.15) is 8.42 Å². The SMILES string of the molecule is CCCCCCCCCCCCCCCCCCNc1ccc2nc(C)sc2c1.COS(=O)(=O)OC. The predicted molar refractivity (Wildman–Crippen MR) is 155 cm³/mol. The molecular formula is C28H50N2O4S2. The summed E-state index contributed by atoms with van der Waals surface area (Å²) in [5.41, 5.74) is 2.36. The predicted octanol–water partition coefficient (Wildman–Crippen LogP) is 8.80. The van der Waals surface area contributed by atoms with E-state index < -0.39 is 10.4 Å². The molecule has 0 saturated heterocycles. The lowest BCUT2D eigenvalue weighted by Crippen LogP contribution is -2.02. The standard InChI is InChI=1S/C26H44N2S.C2H6O4S/c1-3-4-5-6-7-8-9-10-11-12-13-14-15-16-17-18-21-27-24-19-20-25-26(22-24)29-23(2)28-25;1-5-7(3,4)6-2/h19-20,22,27H,3-18,21H2,1-2H3;1-2H3. The average molecular weight is 543 g/mol. The van der Waals surface area contributed by atoms with Crippen LogP contribution in [0.25, 0.3) is 10.2 Å². The first-order valence-electron chi connectivity index (χ1n) is 13.9. The van der Waals surface area contributed by atoms with Crippen molar-refractivity contribution in [1.82, 2.24) is 4.98 Å². The molecule has 0 bridgehead atoms. The van der Waals surface area contributed by atoms with Gasteiger partial charge in [0.15, 0.2) is 0 Å². The number of hydrogen-bond acceptors (Lipinski definition) is 7. The van der Waals surface area contributed by atoms with Crippen LogP contribution in [-0.4, -0.2) is 34.2 Å². The van der Waals surface area contributed by atoms with Crippen LogP contribution in [0, 0.1) is 6.92 Å². The van der Waals surface area contributed by atoms with Gasteiger partial charge in [0, 0.05) is 12.2 Å². The van der Waals surface area contributed by atoms with E-state index >= 15 is 0 Å². The third kappa shape index (κ3) is 16.5. The summed E-state index contributed by atoms with van der Waals surface area (Å²) in [6, 6.07) is 6.54. The van der Waals surface area contributed by atoms with Crippen molar-refractivity contribution < 1.29 is 16.8 Å². The van der Waals surface area contributed by atoms with Gasteiger partial charge in [-0.1, -0.05) is 103 Å². The molecule has 1 N–H and O–H groups in total. The molecule has 0 aliphatic rings. The number of aromatic nitrogens is 1. The Morgan fingerprint density at radius 2 is 1.25 bits per heavy atom. The summed E-state index contributed by atoms with van der Waals surface area (Å²) in [5.74, 6) is 0. The highest BCUT2D eigenvalue weighted by atomic mass is 32.3. The van der Waals surface area contributed by atoms with E-state index in [4.69, 9.17) is 0 Å². The van der Waals surface area contributed by atoms with Crippen LogP contribution >= 0.6 is 11.3 Å². The van der Waals surface area contributed by atoms with Gasteiger partial charge in [-0.25, -0.2) is 4.98 Å². The Balaban J connectivity index is 0.000000809. The Morgan fingerprint density at radius 1 is 0.778 bits per heavy atom. The van der Waals surface area contributed by atoms with Crippen LogP contribution in [0.1, 0.15) is 115 Å². The molecule has 2 rings (SSSR count). The van der Waals surface area contributed by atoms with Gasteiger partial charge in [0.1, 0.15) is 0 Å². The lowest BCUT2D eigenvalue weighted by molar-refractivity contribution is 0.286. The summed E-state index contributed by atoms with van der Waals surface area (Å²) >= 11 is 1.78. The minimum Gasteiger partial charge on any atom is -0.385 e. The van der Waals surface area contributed by atoms with Crippen LogP contribution in [0.5, 0.6) is 0 Å². The van der Waals surface area contributed by atoms with Crippen molar-refractivity contribution in [2.45, 2.75) is 117 Å². The number of unbranched alkanes of at least 4 members (excludes halogenated alkanes) is 15. The van der Waals surface area contributed by atoms with Gasteiger partial charge in [0.05, 0.1) is 29.4 Å². The maximum atomic E-state index is 9.92. The van der Waals surface area contributed by atoms with Crippen LogP contribution in [0.4, 0.5) is 5.69 Å². The van der Waals surface area contributed by atoms with Crippen molar-refractivity contribution in [2.24, 2.45) is 0 Å². The van der Waals surface area contributed by atoms with Crippen molar-refractivity contribution in [2.75, 3.05) is 26.1 Å². The number of nitrogens with one attached hydrogen (secondary N) is 1. The van der Waals surface area contributed by atoms with E-state index in [1.54, 1.807) is 11.3 Å². The molecule has 0 amide bonds. The molecule has 2 aromatic rings. The summed E-state index contributed by atoms with van der Waals surface area (Å²) in [6.45, 7) is 5.46. The third-order valence-corrected chi connectivity index (χ3v) is 8.01. The van der Waals surface area contributed by atoms with Crippen LogP contribution in [0.2, 0.25) is 0 Å². The summed E-state index contributed by atoms with van der Waals surface area (Å²) in [4.78, 5) is 4.53. The van der Waals surface area contributed by atoms with Crippen molar-refractivity contribution in [3.05, 3.63) is 23.2 Å². The third-order valence-electron chi connectivity index (χ3n) is 6.26. The molecule has 6 nitrogen and oxygen atoms in total. The maximum absolute atomic E-state index is 9.92. The molecule has 36 heavy (non-hydrogen) atoms. The van der Waals surface area contributed by atoms with Crippen LogP contribution in [-0.2, 0) is 18.8 Å². The van der Waals surface area contributed by atoms with E-state index in [0.717, 1.165) is 31.3 Å². The second kappa shape index (κ2) is 20.8. The van der Waals surface area contributed by atoms with Gasteiger partial charge < -0.3 is 5.32 Å². The minimum absolute atomic E-state index is 1.03. The minimum atomic E-state index is -3.66. The lowest BCUT2D eigenvalue weighted by atomic mass is 10.0. The first-order chi connectivity index (χ1) is 17.4. The summed E-state index contributed by atoms with van der Waals surface area (Å²) < 4.78 is 28.8. The first-order valence-corrected chi connectivity index (χ1v) is 16.0. The fourth-order valence-electron chi connectivity index (χ4n) is 4.12. The van der Waals surface area contributed by atoms with Crippen molar-refractivity contribution in [1.29, 1.82) is 0 Å². The first kappa shape index (κ1) is 32.8. The van der Waals surface area contributed by atoms with Crippen molar-refractivity contribution >= 4 is 37.6 Å². The molecular weight excluding hydrogens is 492 g/mol. The topological polar surface area (TPSA) is 77.5 Å². The molecule has 208 valence electrons. The number of nitrogens with zero attached hydrogens (tertiary/aromatic N) is 1. The fourth-order valence-corrected chi connectivity index (χ4v) is 5.13. The number of hydrogen-bond donors (Lipinski definition) is 1. The van der Waals surface area contributed by atoms with E-state index in [1.807, 2.05) is 0 Å². The number of aryl methyl sites for hydroxylation is 1. The highest BCUT2D eigenvalue weighted by molar-refractivity contribution is 7.81. The van der Waals surface area contributed by atoms with Gasteiger partial charge in [-0.15, -0.1) is 11.3 Å². The smallest absolute Gasteiger partial charge is 0.385 e. The zero-order valence-corrected chi connectivity index (χ0v) is 24.8. The summed E-state index contributed by atoms with van der Waals surface area (Å²) in [5, 5.41) is 4.72. The monoisotopic (exact) mass is 542 g/mol. The Bertz CT molecular complexity index is 890. The number of thiazole rings is 1. The van der Waals surface area contributed by atoms with Gasteiger partial charge in [0.2, 0.25) is 0 Å². The lowest BCUT2D eigenvalue weighted by Gasteiger charge is -2.06. The maximum Gasteiger partial charge on any atom is 0.399 e. The number of rotatable bonds is 20. The number of anilines is 1. The fraction of sp³-hybridized carbons (Fsp3) is 0.750. The summed E-state index contributed by atoms with van der Waals surface area (Å²) in [6.07, 6.45) is 22.8. The molecule has 0 aliphatic carbocycles. The van der Waals surface area contributed by atoms with E-state index in [2.05, 4.69) is 50.7 Å². The van der Waals surface area contributed by atoms with Gasteiger partial charge in [-0.3, -0.25) is 8.37 Å². The van der Waals surface area contributed by atoms with Crippen LogP contribution in [0.15, 0.2) is 18.2 Å². The molecule has 0 atom stereocenters. The highest BCUT2D eigenvalue weighted by Gasteiger charge is 2.02. The Morgan fingerprint density at radius 3 is 1.69 bits per heavy atom. The van der Waals surface area contributed by atoms with E-state index in [-0.39, 0.29) is 0 Å². The molecule has 1 heterocycles. The van der Waals surface area contributed by atoms with Crippen molar-refractivity contribution in [3.63, 3.8) is 0 Å². The molecule has 0 aliphatic heterocycles.